The Morgan fingerprint density at radius 1 is 1.40 bits per heavy atom. The van der Waals surface area contributed by atoms with Gasteiger partial charge in [-0.05, 0) is 24.2 Å². The molecule has 6 heteroatoms. The van der Waals surface area contributed by atoms with Gasteiger partial charge in [-0.3, -0.25) is 4.99 Å². The third-order valence-corrected chi connectivity index (χ3v) is 5.49. The van der Waals surface area contributed by atoms with Gasteiger partial charge in [0.2, 0.25) is 0 Å². The van der Waals surface area contributed by atoms with Gasteiger partial charge in [0.1, 0.15) is 5.01 Å². The highest BCUT2D eigenvalue weighted by molar-refractivity contribution is 7.09. The van der Waals surface area contributed by atoms with E-state index in [1.165, 1.54) is 6.42 Å². The first-order chi connectivity index (χ1) is 11.8. The van der Waals surface area contributed by atoms with Crippen molar-refractivity contribution in [2.45, 2.75) is 66.0 Å². The predicted octanol–water partition coefficient (Wildman–Crippen LogP) is 3.77. The van der Waals surface area contributed by atoms with Crippen molar-refractivity contribution in [3.63, 3.8) is 0 Å². The van der Waals surface area contributed by atoms with Gasteiger partial charge in [-0.1, -0.05) is 34.6 Å². The third-order valence-electron chi connectivity index (χ3n) is 4.62. The zero-order chi connectivity index (χ0) is 18.4. The molecule has 1 fully saturated rings. The number of nitrogens with one attached hydrogen (secondary N) is 2. The first kappa shape index (κ1) is 20.2. The van der Waals surface area contributed by atoms with Crippen LogP contribution in [0.2, 0.25) is 0 Å². The summed E-state index contributed by atoms with van der Waals surface area (Å²) in [5.74, 6) is 1.82. The number of aromatic nitrogens is 1. The maximum absolute atomic E-state index is 6.07. The highest BCUT2D eigenvalue weighted by Gasteiger charge is 2.35. The highest BCUT2D eigenvalue weighted by atomic mass is 32.1. The van der Waals surface area contributed by atoms with E-state index in [4.69, 9.17) is 4.74 Å². The van der Waals surface area contributed by atoms with Crippen LogP contribution in [0.1, 0.15) is 64.1 Å². The van der Waals surface area contributed by atoms with Gasteiger partial charge in [0.25, 0.3) is 0 Å². The van der Waals surface area contributed by atoms with E-state index in [2.05, 4.69) is 60.6 Å². The van der Waals surface area contributed by atoms with Gasteiger partial charge in [0.15, 0.2) is 5.96 Å². The monoisotopic (exact) mass is 366 g/mol. The number of rotatable bonds is 5. The number of ether oxygens (including phenoxy) is 1. The lowest BCUT2D eigenvalue weighted by atomic mass is 9.78. The van der Waals surface area contributed by atoms with Gasteiger partial charge >= 0.3 is 0 Å². The summed E-state index contributed by atoms with van der Waals surface area (Å²) in [7, 11) is 1.81. The average Bonchev–Trinajstić information content (AvgIpc) is 3.04. The topological polar surface area (TPSA) is 58.5 Å². The Kier molecular flexibility index (Phi) is 7.25. The molecule has 5 nitrogen and oxygen atoms in total. The maximum Gasteiger partial charge on any atom is 0.191 e. The van der Waals surface area contributed by atoms with Crippen LogP contribution in [0.5, 0.6) is 0 Å². The van der Waals surface area contributed by atoms with Crippen LogP contribution in [0.15, 0.2) is 10.4 Å². The molecule has 0 amide bonds. The summed E-state index contributed by atoms with van der Waals surface area (Å²) in [6, 6.07) is 0. The van der Waals surface area contributed by atoms with Crippen molar-refractivity contribution < 1.29 is 4.74 Å². The van der Waals surface area contributed by atoms with Gasteiger partial charge in [-0.25, -0.2) is 4.98 Å². The summed E-state index contributed by atoms with van der Waals surface area (Å²) in [4.78, 5) is 9.01. The minimum Gasteiger partial charge on any atom is -0.377 e. The Bertz CT molecular complexity index is 562. The standard InChI is InChI=1S/C19H34N4OS/c1-13(2)15-12-25-16(23-15)11-22-18(20-6)21-10-14-8-7-9-24-17(14)19(3,4)5/h12-14,17H,7-11H2,1-6H3,(H2,20,21,22). The van der Waals surface area contributed by atoms with Gasteiger partial charge in [0, 0.05) is 31.5 Å². The molecule has 1 saturated heterocycles. The second-order valence-electron chi connectivity index (χ2n) is 8.19. The molecule has 2 rings (SSSR count). The quantitative estimate of drug-likeness (QED) is 0.615. The molecule has 0 bridgehead atoms. The van der Waals surface area contributed by atoms with E-state index < -0.39 is 0 Å². The SMILES string of the molecule is CN=C(NCc1nc(C(C)C)cs1)NCC1CCCOC1C(C)(C)C. The van der Waals surface area contributed by atoms with Crippen molar-refractivity contribution in [2.75, 3.05) is 20.2 Å². The van der Waals surface area contributed by atoms with E-state index in [-0.39, 0.29) is 5.41 Å². The van der Waals surface area contributed by atoms with Crippen molar-refractivity contribution in [3.05, 3.63) is 16.1 Å². The first-order valence-electron chi connectivity index (χ1n) is 9.31. The van der Waals surface area contributed by atoms with Crippen LogP contribution >= 0.6 is 11.3 Å². The molecule has 1 aliphatic rings. The van der Waals surface area contributed by atoms with E-state index in [0.29, 0.717) is 24.5 Å². The highest BCUT2D eigenvalue weighted by Crippen LogP contribution is 2.33. The van der Waals surface area contributed by atoms with Gasteiger partial charge in [-0.2, -0.15) is 0 Å². The van der Waals surface area contributed by atoms with E-state index in [0.717, 1.165) is 36.2 Å². The second-order valence-corrected chi connectivity index (χ2v) is 9.13. The van der Waals surface area contributed by atoms with Crippen molar-refractivity contribution in [2.24, 2.45) is 16.3 Å². The van der Waals surface area contributed by atoms with Crippen LogP contribution in [0.25, 0.3) is 0 Å². The van der Waals surface area contributed by atoms with Crippen LogP contribution in [0.3, 0.4) is 0 Å². The van der Waals surface area contributed by atoms with E-state index in [1.807, 2.05) is 7.05 Å². The Morgan fingerprint density at radius 3 is 2.76 bits per heavy atom. The summed E-state index contributed by atoms with van der Waals surface area (Å²) in [6.07, 6.45) is 2.64. The molecule has 2 N–H and O–H groups in total. The molecule has 2 atom stereocenters. The number of aliphatic imine (C=N–C) groups is 1. The molecule has 2 unspecified atom stereocenters. The summed E-state index contributed by atoms with van der Waals surface area (Å²) in [6.45, 7) is 13.6. The summed E-state index contributed by atoms with van der Waals surface area (Å²) < 4.78 is 6.07. The number of hydrogen-bond acceptors (Lipinski definition) is 4. The predicted molar refractivity (Wildman–Crippen MR) is 106 cm³/mol. The van der Waals surface area contributed by atoms with Crippen LogP contribution in [-0.2, 0) is 11.3 Å². The number of thiazole rings is 1. The summed E-state index contributed by atoms with van der Waals surface area (Å²) in [5.41, 5.74) is 1.33. The first-order valence-corrected chi connectivity index (χ1v) is 10.2. The molecule has 1 aromatic rings. The van der Waals surface area contributed by atoms with Crippen LogP contribution < -0.4 is 10.6 Å². The van der Waals surface area contributed by atoms with E-state index in [1.54, 1.807) is 11.3 Å². The molecule has 0 aliphatic carbocycles. The lowest BCUT2D eigenvalue weighted by Gasteiger charge is -2.40. The van der Waals surface area contributed by atoms with Gasteiger partial charge in [-0.15, -0.1) is 11.3 Å². The number of hydrogen-bond donors (Lipinski definition) is 2. The molecule has 0 saturated carbocycles. The Morgan fingerprint density at radius 2 is 2.16 bits per heavy atom. The van der Waals surface area contributed by atoms with Crippen molar-refractivity contribution in [1.82, 2.24) is 15.6 Å². The molecule has 0 spiro atoms. The van der Waals surface area contributed by atoms with Crippen molar-refractivity contribution in [1.29, 1.82) is 0 Å². The lowest BCUT2D eigenvalue weighted by Crippen LogP contribution is -2.47. The van der Waals surface area contributed by atoms with Gasteiger partial charge in [0.05, 0.1) is 18.3 Å². The molecule has 1 aromatic heterocycles. The average molecular weight is 367 g/mol. The number of guanidine groups is 1. The summed E-state index contributed by atoms with van der Waals surface area (Å²) >= 11 is 1.70. The van der Waals surface area contributed by atoms with E-state index >= 15 is 0 Å². The Balaban J connectivity index is 1.84. The normalized spacial score (nSPS) is 22.3. The Hall–Kier alpha value is -1.14. The lowest BCUT2D eigenvalue weighted by molar-refractivity contribution is -0.0835. The maximum atomic E-state index is 6.07. The molecule has 0 aromatic carbocycles. The molecular formula is C19H34N4OS. The van der Waals surface area contributed by atoms with Crippen LogP contribution in [0.4, 0.5) is 0 Å². The fraction of sp³-hybridized carbons (Fsp3) is 0.789. The minimum atomic E-state index is 0.165. The summed E-state index contributed by atoms with van der Waals surface area (Å²) in [5, 5.41) is 10.1. The van der Waals surface area contributed by atoms with E-state index in [9.17, 15) is 0 Å². The molecule has 1 aliphatic heterocycles. The molecule has 2 heterocycles. The largest absolute Gasteiger partial charge is 0.377 e. The van der Waals surface area contributed by atoms with Crippen LogP contribution in [0, 0.1) is 11.3 Å². The molecule has 0 radical (unpaired) electrons. The van der Waals surface area contributed by atoms with Crippen molar-refractivity contribution >= 4 is 17.3 Å². The van der Waals surface area contributed by atoms with Crippen molar-refractivity contribution in [3.8, 4) is 0 Å². The van der Waals surface area contributed by atoms with Crippen LogP contribution in [-0.4, -0.2) is 37.2 Å². The fourth-order valence-corrected chi connectivity index (χ4v) is 4.18. The number of nitrogens with zero attached hydrogens (tertiary/aromatic N) is 2. The zero-order valence-corrected chi connectivity index (χ0v) is 17.4. The molecule has 25 heavy (non-hydrogen) atoms. The third kappa shape index (κ3) is 5.96. The minimum absolute atomic E-state index is 0.165. The zero-order valence-electron chi connectivity index (χ0n) is 16.6. The molecular weight excluding hydrogens is 332 g/mol. The Labute approximate surface area is 156 Å². The second kappa shape index (κ2) is 8.99. The molecule has 142 valence electrons. The fourth-order valence-electron chi connectivity index (χ4n) is 3.29. The smallest absolute Gasteiger partial charge is 0.191 e. The van der Waals surface area contributed by atoms with Gasteiger partial charge < -0.3 is 15.4 Å².